The lowest BCUT2D eigenvalue weighted by Crippen LogP contribution is -2.45. The summed E-state index contributed by atoms with van der Waals surface area (Å²) in [6, 6.07) is -0.631. The van der Waals surface area contributed by atoms with E-state index in [-0.39, 0.29) is 18.5 Å². The van der Waals surface area contributed by atoms with Crippen molar-refractivity contribution in [3.8, 4) is 0 Å². The molecule has 0 saturated carbocycles. The lowest BCUT2D eigenvalue weighted by molar-refractivity contribution is -0.143. The van der Waals surface area contributed by atoms with Crippen LogP contribution in [0.3, 0.4) is 0 Å². The van der Waals surface area contributed by atoms with Gasteiger partial charge in [-0.25, -0.2) is 0 Å². The van der Waals surface area contributed by atoms with Gasteiger partial charge >= 0.3 is 5.97 Å². The molecule has 0 bridgehead atoms. The van der Waals surface area contributed by atoms with Crippen molar-refractivity contribution in [3.63, 3.8) is 0 Å². The Bertz CT molecular complexity index is 1080. The zero-order chi connectivity index (χ0) is 50.0. The first-order valence-corrected chi connectivity index (χ1v) is 31.1. The van der Waals surface area contributed by atoms with Gasteiger partial charge in [-0.3, -0.25) is 9.59 Å². The van der Waals surface area contributed by atoms with E-state index in [4.69, 9.17) is 4.74 Å². The third kappa shape index (κ3) is 55.5. The molecule has 1 amide bonds. The number of rotatable bonds is 58. The predicted molar refractivity (Wildman–Crippen MR) is 301 cm³/mol. The number of ether oxygens (including phenoxy) is 1. The summed E-state index contributed by atoms with van der Waals surface area (Å²) in [5, 5.41) is 23.0. The second-order valence-electron chi connectivity index (χ2n) is 21.4. The second kappa shape index (κ2) is 58.9. The van der Waals surface area contributed by atoms with Gasteiger partial charge in [0.15, 0.2) is 0 Å². The van der Waals surface area contributed by atoms with Crippen LogP contribution in [0.25, 0.3) is 0 Å². The van der Waals surface area contributed by atoms with Gasteiger partial charge in [0.05, 0.1) is 25.4 Å². The zero-order valence-electron chi connectivity index (χ0n) is 46.6. The fourth-order valence-electron chi connectivity index (χ4n) is 9.69. The number of carbonyl (C=O) groups excluding carboxylic acids is 2. The number of unbranched alkanes of at least 4 members (excludes halogenated alkanes) is 45. The van der Waals surface area contributed by atoms with E-state index in [1.807, 2.05) is 6.08 Å². The molecule has 0 aliphatic carbocycles. The summed E-state index contributed by atoms with van der Waals surface area (Å²) in [4.78, 5) is 24.5. The number of nitrogens with one attached hydrogen (secondary N) is 1. The Morgan fingerprint density at radius 3 is 1.03 bits per heavy atom. The zero-order valence-corrected chi connectivity index (χ0v) is 46.6. The first kappa shape index (κ1) is 67.3. The highest BCUT2D eigenvalue weighted by molar-refractivity contribution is 5.76. The van der Waals surface area contributed by atoms with Crippen LogP contribution in [-0.4, -0.2) is 47.4 Å². The Morgan fingerprint density at radius 2 is 0.681 bits per heavy atom. The maximum atomic E-state index is 12.4. The van der Waals surface area contributed by atoms with E-state index in [2.05, 4.69) is 31.3 Å². The van der Waals surface area contributed by atoms with Crippen LogP contribution in [0.15, 0.2) is 24.3 Å². The van der Waals surface area contributed by atoms with Crippen molar-refractivity contribution < 1.29 is 24.5 Å². The van der Waals surface area contributed by atoms with Gasteiger partial charge in [0.25, 0.3) is 0 Å². The number of hydrogen-bond donors (Lipinski definition) is 3. The van der Waals surface area contributed by atoms with Crippen molar-refractivity contribution in [2.75, 3.05) is 13.2 Å². The summed E-state index contributed by atoms with van der Waals surface area (Å²) in [6.07, 6.45) is 72.3. The monoisotopic (exact) mass is 972 g/mol. The fraction of sp³-hybridized carbons (Fsp3) is 0.905. The van der Waals surface area contributed by atoms with Gasteiger partial charge in [0.2, 0.25) is 5.91 Å². The van der Waals surface area contributed by atoms with E-state index >= 15 is 0 Å². The first-order valence-electron chi connectivity index (χ1n) is 31.1. The Balaban J connectivity index is 3.38. The van der Waals surface area contributed by atoms with Crippen LogP contribution < -0.4 is 5.32 Å². The highest BCUT2D eigenvalue weighted by atomic mass is 16.5. The first-order chi connectivity index (χ1) is 34.0. The average Bonchev–Trinajstić information content (AvgIpc) is 3.35. The van der Waals surface area contributed by atoms with Gasteiger partial charge in [-0.15, -0.1) is 0 Å². The van der Waals surface area contributed by atoms with E-state index in [0.717, 1.165) is 44.9 Å². The third-order valence-corrected chi connectivity index (χ3v) is 14.5. The van der Waals surface area contributed by atoms with Gasteiger partial charge in [0, 0.05) is 12.8 Å². The van der Waals surface area contributed by atoms with Crippen LogP contribution in [0.4, 0.5) is 0 Å². The Morgan fingerprint density at radius 1 is 0.391 bits per heavy atom. The summed E-state index contributed by atoms with van der Waals surface area (Å²) < 4.78 is 5.50. The molecule has 2 unspecified atom stereocenters. The van der Waals surface area contributed by atoms with Crippen molar-refractivity contribution in [1.29, 1.82) is 0 Å². The molecule has 6 heteroatoms. The number of allylic oxidation sites excluding steroid dienone is 3. The molecule has 0 rings (SSSR count). The van der Waals surface area contributed by atoms with Crippen molar-refractivity contribution in [3.05, 3.63) is 24.3 Å². The summed E-state index contributed by atoms with van der Waals surface area (Å²) in [7, 11) is 0. The smallest absolute Gasteiger partial charge is 0.305 e. The van der Waals surface area contributed by atoms with Gasteiger partial charge in [-0.1, -0.05) is 295 Å². The fourth-order valence-corrected chi connectivity index (χ4v) is 9.69. The molecular weight excluding hydrogens is 851 g/mol. The number of carbonyl (C=O) groups is 2. The lowest BCUT2D eigenvalue weighted by Gasteiger charge is -2.20. The average molecular weight is 973 g/mol. The molecule has 0 aromatic rings. The molecule has 3 N–H and O–H groups in total. The van der Waals surface area contributed by atoms with Gasteiger partial charge in [0.1, 0.15) is 0 Å². The molecule has 0 saturated heterocycles. The minimum atomic E-state index is -0.847. The van der Waals surface area contributed by atoms with Crippen LogP contribution in [-0.2, 0) is 14.3 Å². The Kier molecular flexibility index (Phi) is 57.5. The number of hydrogen-bond acceptors (Lipinski definition) is 5. The van der Waals surface area contributed by atoms with Crippen molar-refractivity contribution >= 4 is 11.9 Å². The molecule has 0 radical (unpaired) electrons. The van der Waals surface area contributed by atoms with Crippen LogP contribution >= 0.6 is 0 Å². The van der Waals surface area contributed by atoms with Crippen molar-refractivity contribution in [1.82, 2.24) is 5.32 Å². The van der Waals surface area contributed by atoms with E-state index in [1.165, 1.54) is 270 Å². The Labute approximate surface area is 431 Å². The van der Waals surface area contributed by atoms with Crippen LogP contribution in [0.5, 0.6) is 0 Å². The van der Waals surface area contributed by atoms with Gasteiger partial charge in [-0.05, 0) is 57.8 Å². The molecule has 2 atom stereocenters. The Hall–Kier alpha value is -1.66. The highest BCUT2D eigenvalue weighted by Crippen LogP contribution is 2.17. The standard InChI is InChI=1S/C63H121NO5/c1-3-5-7-9-11-13-15-16-17-18-23-27-30-33-37-41-45-49-53-57-63(68)69-58-54-50-46-42-38-34-31-28-25-22-20-19-21-24-26-29-32-36-40-44-48-52-56-62(67)64-60(59-65)61(66)55-51-47-43-39-35-14-12-10-8-6-4-2/h21,24,51,55,60-61,65-66H,3-20,22-23,25-50,52-54,56-59H2,1-2H3,(H,64,67)/b24-21-,55-51+. The summed E-state index contributed by atoms with van der Waals surface area (Å²) in [6.45, 7) is 4.91. The topological polar surface area (TPSA) is 95.9 Å². The molecule has 0 fully saturated rings. The predicted octanol–water partition coefficient (Wildman–Crippen LogP) is 19.4. The molecule has 6 nitrogen and oxygen atoms in total. The normalized spacial score (nSPS) is 12.7. The van der Waals surface area contributed by atoms with Crippen LogP contribution in [0.2, 0.25) is 0 Å². The summed E-state index contributed by atoms with van der Waals surface area (Å²) >= 11 is 0. The molecule has 0 spiro atoms. The second-order valence-corrected chi connectivity index (χ2v) is 21.4. The summed E-state index contributed by atoms with van der Waals surface area (Å²) in [5.41, 5.74) is 0. The molecule has 0 aromatic heterocycles. The molecular formula is C63H121NO5. The number of aliphatic hydroxyl groups excluding tert-OH is 2. The molecule has 69 heavy (non-hydrogen) atoms. The molecule has 408 valence electrons. The van der Waals surface area contributed by atoms with E-state index in [0.29, 0.717) is 19.4 Å². The lowest BCUT2D eigenvalue weighted by atomic mass is 10.0. The highest BCUT2D eigenvalue weighted by Gasteiger charge is 2.18. The molecule has 0 heterocycles. The van der Waals surface area contributed by atoms with Gasteiger partial charge in [-0.2, -0.15) is 0 Å². The summed E-state index contributed by atoms with van der Waals surface area (Å²) in [5.74, 6) is -0.0611. The SMILES string of the molecule is CCCCCCCCCCC/C=C/C(O)C(CO)NC(=O)CCCCCCCCC/C=C\CCCCCCCCCCCCCOC(=O)CCCCCCCCCCCCCCCCCCCCC. The van der Waals surface area contributed by atoms with Crippen molar-refractivity contribution in [2.24, 2.45) is 0 Å². The van der Waals surface area contributed by atoms with Crippen LogP contribution in [0.1, 0.15) is 341 Å². The quantitative estimate of drug-likeness (QED) is 0.0321. The van der Waals surface area contributed by atoms with E-state index in [1.54, 1.807) is 6.08 Å². The molecule has 0 aliphatic heterocycles. The minimum absolute atomic E-state index is 0.0143. The number of aliphatic hydroxyl groups is 2. The van der Waals surface area contributed by atoms with Crippen LogP contribution in [0, 0.1) is 0 Å². The molecule has 0 aromatic carbocycles. The maximum absolute atomic E-state index is 12.4. The van der Waals surface area contributed by atoms with E-state index < -0.39 is 12.1 Å². The van der Waals surface area contributed by atoms with Gasteiger partial charge < -0.3 is 20.3 Å². The number of amides is 1. The maximum Gasteiger partial charge on any atom is 0.305 e. The van der Waals surface area contributed by atoms with Crippen molar-refractivity contribution in [2.45, 2.75) is 353 Å². The van der Waals surface area contributed by atoms with E-state index in [9.17, 15) is 19.8 Å². The molecule has 0 aliphatic rings. The minimum Gasteiger partial charge on any atom is -0.466 e. The number of esters is 1. The third-order valence-electron chi connectivity index (χ3n) is 14.5. The largest absolute Gasteiger partial charge is 0.466 e.